The number of nitrogens with one attached hydrogen (secondary N) is 2. The zero-order chi connectivity index (χ0) is 18.4. The molecule has 5 nitrogen and oxygen atoms in total. The van der Waals surface area contributed by atoms with Crippen molar-refractivity contribution in [2.75, 3.05) is 17.7 Å². The first-order valence-corrected chi connectivity index (χ1v) is 8.68. The Kier molecular flexibility index (Phi) is 5.69. The Morgan fingerprint density at radius 3 is 2.42 bits per heavy atom. The van der Waals surface area contributed by atoms with Crippen molar-refractivity contribution >= 4 is 11.8 Å². The van der Waals surface area contributed by atoms with Gasteiger partial charge in [0.15, 0.2) is 0 Å². The number of benzene rings is 2. The van der Waals surface area contributed by atoms with E-state index in [0.717, 1.165) is 22.8 Å². The number of nitrogens with zero attached hydrogens (tertiary/aromatic N) is 2. The Hall–Kier alpha value is -3.08. The molecule has 1 heterocycles. The lowest BCUT2D eigenvalue weighted by Gasteiger charge is -2.16. The second kappa shape index (κ2) is 8.34. The topological polar surface area (TPSA) is 59.1 Å². The van der Waals surface area contributed by atoms with E-state index in [0.29, 0.717) is 12.5 Å². The summed E-state index contributed by atoms with van der Waals surface area (Å²) >= 11 is 0. The molecule has 2 N–H and O–H groups in total. The normalized spacial score (nSPS) is 11.7. The smallest absolute Gasteiger partial charge is 0.225 e. The lowest BCUT2D eigenvalue weighted by Crippen LogP contribution is -2.11. The van der Waals surface area contributed by atoms with Crippen LogP contribution in [0.1, 0.15) is 29.8 Å². The zero-order valence-corrected chi connectivity index (χ0v) is 15.4. The SMILES string of the molecule is COc1ccc(CNc2nc(C)cc(NC(C)c3ccccc3)n2)cc1. The third kappa shape index (κ3) is 4.72. The molecule has 0 radical (unpaired) electrons. The first kappa shape index (κ1) is 17.7. The summed E-state index contributed by atoms with van der Waals surface area (Å²) in [6.45, 7) is 4.75. The number of ether oxygens (including phenoxy) is 1. The maximum atomic E-state index is 5.18. The quantitative estimate of drug-likeness (QED) is 0.654. The van der Waals surface area contributed by atoms with Crippen molar-refractivity contribution in [3.63, 3.8) is 0 Å². The Bertz CT molecular complexity index is 834. The Morgan fingerprint density at radius 2 is 1.73 bits per heavy atom. The molecule has 134 valence electrons. The minimum absolute atomic E-state index is 0.167. The van der Waals surface area contributed by atoms with Gasteiger partial charge in [0.25, 0.3) is 0 Å². The third-order valence-electron chi connectivity index (χ3n) is 4.13. The van der Waals surface area contributed by atoms with Gasteiger partial charge < -0.3 is 15.4 Å². The maximum Gasteiger partial charge on any atom is 0.225 e. The summed E-state index contributed by atoms with van der Waals surface area (Å²) in [4.78, 5) is 9.07. The third-order valence-corrected chi connectivity index (χ3v) is 4.13. The van der Waals surface area contributed by atoms with E-state index in [9.17, 15) is 0 Å². The lowest BCUT2D eigenvalue weighted by atomic mass is 10.1. The van der Waals surface area contributed by atoms with Gasteiger partial charge in [-0.05, 0) is 37.1 Å². The van der Waals surface area contributed by atoms with Crippen molar-refractivity contribution in [1.29, 1.82) is 0 Å². The van der Waals surface area contributed by atoms with Gasteiger partial charge in [-0.15, -0.1) is 0 Å². The summed E-state index contributed by atoms with van der Waals surface area (Å²) in [6.07, 6.45) is 0. The van der Waals surface area contributed by atoms with Crippen LogP contribution < -0.4 is 15.4 Å². The van der Waals surface area contributed by atoms with Crippen LogP contribution in [0.3, 0.4) is 0 Å². The molecule has 5 heteroatoms. The molecule has 26 heavy (non-hydrogen) atoms. The fraction of sp³-hybridized carbons (Fsp3) is 0.238. The van der Waals surface area contributed by atoms with Crippen molar-refractivity contribution in [2.45, 2.75) is 26.4 Å². The average molecular weight is 348 g/mol. The van der Waals surface area contributed by atoms with Crippen LogP contribution in [0.5, 0.6) is 5.75 Å². The summed E-state index contributed by atoms with van der Waals surface area (Å²) in [6, 6.07) is 20.4. The van der Waals surface area contributed by atoms with E-state index >= 15 is 0 Å². The van der Waals surface area contributed by atoms with Crippen LogP contribution in [0.4, 0.5) is 11.8 Å². The second-order valence-corrected chi connectivity index (χ2v) is 6.20. The number of hydrogen-bond acceptors (Lipinski definition) is 5. The van der Waals surface area contributed by atoms with E-state index in [2.05, 4.69) is 39.7 Å². The highest BCUT2D eigenvalue weighted by molar-refractivity contribution is 5.44. The molecule has 2 aromatic carbocycles. The average Bonchev–Trinajstić information content (AvgIpc) is 2.67. The number of hydrogen-bond donors (Lipinski definition) is 2. The molecule has 1 atom stereocenters. The van der Waals surface area contributed by atoms with Gasteiger partial charge in [-0.3, -0.25) is 0 Å². The van der Waals surface area contributed by atoms with Gasteiger partial charge in [0.1, 0.15) is 11.6 Å². The van der Waals surface area contributed by atoms with E-state index in [-0.39, 0.29) is 6.04 Å². The summed E-state index contributed by atoms with van der Waals surface area (Å²) in [5.74, 6) is 2.27. The first-order valence-electron chi connectivity index (χ1n) is 8.68. The molecule has 0 saturated carbocycles. The van der Waals surface area contributed by atoms with E-state index in [1.807, 2.05) is 55.5 Å². The molecule has 3 aromatic rings. The number of methoxy groups -OCH3 is 1. The van der Waals surface area contributed by atoms with Crippen LogP contribution in [0.15, 0.2) is 60.7 Å². The fourth-order valence-electron chi connectivity index (χ4n) is 2.69. The molecule has 0 fully saturated rings. The van der Waals surface area contributed by atoms with E-state index in [1.165, 1.54) is 5.56 Å². The first-order chi connectivity index (χ1) is 12.6. The van der Waals surface area contributed by atoms with Gasteiger partial charge in [0.2, 0.25) is 5.95 Å². The van der Waals surface area contributed by atoms with E-state index < -0.39 is 0 Å². The second-order valence-electron chi connectivity index (χ2n) is 6.20. The van der Waals surface area contributed by atoms with Crippen LogP contribution in [0.25, 0.3) is 0 Å². The van der Waals surface area contributed by atoms with E-state index in [1.54, 1.807) is 7.11 Å². The largest absolute Gasteiger partial charge is 0.497 e. The molecule has 3 rings (SSSR count). The van der Waals surface area contributed by atoms with Crippen molar-refractivity contribution in [2.24, 2.45) is 0 Å². The molecule has 0 amide bonds. The van der Waals surface area contributed by atoms with Gasteiger partial charge in [-0.25, -0.2) is 4.98 Å². The number of anilines is 2. The highest BCUT2D eigenvalue weighted by atomic mass is 16.5. The standard InChI is InChI=1S/C21H24N4O/c1-15-13-20(24-16(2)18-7-5-4-6-8-18)25-21(23-15)22-14-17-9-11-19(26-3)12-10-17/h4-13,16H,14H2,1-3H3,(H2,22,23,24,25). The predicted molar refractivity (Wildman–Crippen MR) is 106 cm³/mol. The molecule has 1 unspecified atom stereocenters. The maximum absolute atomic E-state index is 5.18. The molecule has 1 aromatic heterocycles. The van der Waals surface area contributed by atoms with Crippen molar-refractivity contribution in [1.82, 2.24) is 9.97 Å². The molecule has 0 bridgehead atoms. The van der Waals surface area contributed by atoms with Gasteiger partial charge in [-0.1, -0.05) is 42.5 Å². The monoisotopic (exact) mass is 348 g/mol. The highest BCUT2D eigenvalue weighted by Gasteiger charge is 2.08. The summed E-state index contributed by atoms with van der Waals surface area (Å²) in [7, 11) is 1.67. The van der Waals surface area contributed by atoms with Crippen molar-refractivity contribution < 1.29 is 4.74 Å². The van der Waals surface area contributed by atoms with Crippen molar-refractivity contribution in [3.8, 4) is 5.75 Å². The highest BCUT2D eigenvalue weighted by Crippen LogP contribution is 2.19. The lowest BCUT2D eigenvalue weighted by molar-refractivity contribution is 0.414. The molecule has 0 aliphatic rings. The molecule has 0 aliphatic heterocycles. The number of aryl methyl sites for hydroxylation is 1. The van der Waals surface area contributed by atoms with Gasteiger partial charge in [-0.2, -0.15) is 4.98 Å². The zero-order valence-electron chi connectivity index (χ0n) is 15.4. The van der Waals surface area contributed by atoms with Gasteiger partial charge >= 0.3 is 0 Å². The summed E-state index contributed by atoms with van der Waals surface area (Å²) in [5.41, 5.74) is 3.28. The Morgan fingerprint density at radius 1 is 1.00 bits per heavy atom. The van der Waals surface area contributed by atoms with Crippen molar-refractivity contribution in [3.05, 3.63) is 77.5 Å². The summed E-state index contributed by atoms with van der Waals surface area (Å²) < 4.78 is 5.18. The van der Waals surface area contributed by atoms with Crippen LogP contribution in [0.2, 0.25) is 0 Å². The Labute approximate surface area is 154 Å². The Balaban J connectivity index is 1.66. The molecular formula is C21H24N4O. The van der Waals surface area contributed by atoms with E-state index in [4.69, 9.17) is 4.74 Å². The van der Waals surface area contributed by atoms with Gasteiger partial charge in [0.05, 0.1) is 7.11 Å². The molecule has 0 saturated heterocycles. The van der Waals surface area contributed by atoms with Crippen LogP contribution in [-0.4, -0.2) is 17.1 Å². The van der Waals surface area contributed by atoms with Gasteiger partial charge in [0, 0.05) is 24.3 Å². The molecule has 0 aliphatic carbocycles. The minimum Gasteiger partial charge on any atom is -0.497 e. The molecular weight excluding hydrogens is 324 g/mol. The number of aromatic nitrogens is 2. The predicted octanol–water partition coefficient (Wildman–Crippen LogP) is 4.58. The number of rotatable bonds is 7. The summed E-state index contributed by atoms with van der Waals surface area (Å²) in [5, 5.41) is 6.73. The minimum atomic E-state index is 0.167. The van der Waals surface area contributed by atoms with Crippen LogP contribution >= 0.6 is 0 Å². The van der Waals surface area contributed by atoms with Crippen LogP contribution in [0, 0.1) is 6.92 Å². The molecule has 0 spiro atoms. The fourth-order valence-corrected chi connectivity index (χ4v) is 2.69. The van der Waals surface area contributed by atoms with Crippen LogP contribution in [-0.2, 0) is 6.54 Å².